The Morgan fingerprint density at radius 2 is 2.05 bits per heavy atom. The van der Waals surface area contributed by atoms with E-state index in [1.807, 2.05) is 44.2 Å². The Hall–Kier alpha value is -2.14. The van der Waals surface area contributed by atoms with Crippen LogP contribution in [0.3, 0.4) is 0 Å². The summed E-state index contributed by atoms with van der Waals surface area (Å²) in [5.41, 5.74) is 2.30. The standard InChI is InChI=1S/C16H21N3O2/c1-3-13-10-15(19(4-2)18-13)16(21)17-14(11-20)12-8-6-5-7-9-12/h5-10,14,20H,3-4,11H2,1-2H3,(H,17,21)/t14-/m1/s1. The highest BCUT2D eigenvalue weighted by molar-refractivity contribution is 5.93. The fraction of sp³-hybridized carbons (Fsp3) is 0.375. The lowest BCUT2D eigenvalue weighted by Crippen LogP contribution is -2.32. The number of aliphatic hydroxyl groups excluding tert-OH is 1. The van der Waals surface area contributed by atoms with E-state index in [0.29, 0.717) is 12.2 Å². The van der Waals surface area contributed by atoms with Crippen LogP contribution in [0.25, 0.3) is 0 Å². The summed E-state index contributed by atoms with van der Waals surface area (Å²) in [5.74, 6) is -0.216. The zero-order chi connectivity index (χ0) is 15.2. The average molecular weight is 287 g/mol. The van der Waals surface area contributed by atoms with Gasteiger partial charge in [0.25, 0.3) is 5.91 Å². The Bertz CT molecular complexity index is 593. The lowest BCUT2D eigenvalue weighted by atomic mass is 10.1. The molecule has 2 rings (SSSR count). The molecule has 1 heterocycles. The van der Waals surface area contributed by atoms with Gasteiger partial charge < -0.3 is 10.4 Å². The van der Waals surface area contributed by atoms with Crippen molar-refractivity contribution in [2.45, 2.75) is 32.9 Å². The van der Waals surface area contributed by atoms with Gasteiger partial charge in [-0.3, -0.25) is 9.48 Å². The molecule has 0 aliphatic heterocycles. The van der Waals surface area contributed by atoms with E-state index in [0.717, 1.165) is 17.7 Å². The van der Waals surface area contributed by atoms with Gasteiger partial charge in [0.2, 0.25) is 0 Å². The molecule has 0 spiro atoms. The normalized spacial score (nSPS) is 12.1. The first-order chi connectivity index (χ1) is 10.2. The van der Waals surface area contributed by atoms with Gasteiger partial charge in [-0.25, -0.2) is 0 Å². The molecule has 112 valence electrons. The molecule has 2 aromatic rings. The van der Waals surface area contributed by atoms with Crippen LogP contribution in [0.4, 0.5) is 0 Å². The summed E-state index contributed by atoms with van der Waals surface area (Å²) < 4.78 is 1.69. The predicted octanol–water partition coefficient (Wildman–Crippen LogP) is 1.93. The number of nitrogens with one attached hydrogen (secondary N) is 1. The van der Waals surface area contributed by atoms with Crippen molar-refractivity contribution in [3.63, 3.8) is 0 Å². The average Bonchev–Trinajstić information content (AvgIpc) is 2.96. The largest absolute Gasteiger partial charge is 0.394 e. The van der Waals surface area contributed by atoms with E-state index in [1.54, 1.807) is 10.7 Å². The molecule has 5 heteroatoms. The quantitative estimate of drug-likeness (QED) is 0.853. The lowest BCUT2D eigenvalue weighted by Gasteiger charge is -2.16. The van der Waals surface area contributed by atoms with Gasteiger partial charge in [-0.2, -0.15) is 5.10 Å². The highest BCUT2D eigenvalue weighted by atomic mass is 16.3. The third kappa shape index (κ3) is 3.49. The zero-order valence-corrected chi connectivity index (χ0v) is 12.4. The number of aliphatic hydroxyl groups is 1. The van der Waals surface area contributed by atoms with Gasteiger partial charge >= 0.3 is 0 Å². The van der Waals surface area contributed by atoms with Crippen molar-refractivity contribution < 1.29 is 9.90 Å². The number of hydrogen-bond acceptors (Lipinski definition) is 3. The molecular weight excluding hydrogens is 266 g/mol. The summed E-state index contributed by atoms with van der Waals surface area (Å²) in [7, 11) is 0. The fourth-order valence-corrected chi connectivity index (χ4v) is 2.22. The summed E-state index contributed by atoms with van der Waals surface area (Å²) in [6, 6.07) is 10.8. The molecule has 1 atom stereocenters. The second-order valence-electron chi connectivity index (χ2n) is 4.81. The first-order valence-corrected chi connectivity index (χ1v) is 7.23. The summed E-state index contributed by atoms with van der Waals surface area (Å²) in [4.78, 5) is 12.4. The minimum Gasteiger partial charge on any atom is -0.394 e. The van der Waals surface area contributed by atoms with Crippen molar-refractivity contribution in [2.24, 2.45) is 0 Å². The molecule has 2 N–H and O–H groups in total. The van der Waals surface area contributed by atoms with Crippen LogP contribution in [0.2, 0.25) is 0 Å². The molecule has 5 nitrogen and oxygen atoms in total. The van der Waals surface area contributed by atoms with Crippen molar-refractivity contribution in [3.8, 4) is 0 Å². The van der Waals surface area contributed by atoms with Crippen LogP contribution in [0.1, 0.15) is 41.6 Å². The van der Waals surface area contributed by atoms with E-state index in [4.69, 9.17) is 0 Å². The van der Waals surface area contributed by atoms with Crippen LogP contribution in [0.5, 0.6) is 0 Å². The van der Waals surface area contributed by atoms with Gasteiger partial charge in [0.05, 0.1) is 18.3 Å². The van der Waals surface area contributed by atoms with Crippen LogP contribution >= 0.6 is 0 Å². The number of hydrogen-bond donors (Lipinski definition) is 2. The Morgan fingerprint density at radius 3 is 2.62 bits per heavy atom. The number of amides is 1. The number of aromatic nitrogens is 2. The third-order valence-electron chi connectivity index (χ3n) is 3.41. The van der Waals surface area contributed by atoms with Gasteiger partial charge in [-0.05, 0) is 25.0 Å². The molecule has 1 amide bonds. The van der Waals surface area contributed by atoms with Crippen LogP contribution in [0.15, 0.2) is 36.4 Å². The van der Waals surface area contributed by atoms with Crippen molar-refractivity contribution >= 4 is 5.91 Å². The second-order valence-corrected chi connectivity index (χ2v) is 4.81. The molecule has 1 aromatic carbocycles. The lowest BCUT2D eigenvalue weighted by molar-refractivity contribution is 0.0905. The van der Waals surface area contributed by atoms with Crippen LogP contribution < -0.4 is 5.32 Å². The van der Waals surface area contributed by atoms with Crippen LogP contribution in [-0.4, -0.2) is 27.4 Å². The van der Waals surface area contributed by atoms with E-state index < -0.39 is 6.04 Å². The van der Waals surface area contributed by atoms with Crippen LogP contribution in [0, 0.1) is 0 Å². The topological polar surface area (TPSA) is 67.2 Å². The number of benzene rings is 1. The molecule has 0 saturated heterocycles. The van der Waals surface area contributed by atoms with E-state index in [-0.39, 0.29) is 12.5 Å². The van der Waals surface area contributed by atoms with E-state index >= 15 is 0 Å². The molecule has 0 saturated carbocycles. The molecule has 0 unspecified atom stereocenters. The molecule has 21 heavy (non-hydrogen) atoms. The highest BCUT2D eigenvalue weighted by Crippen LogP contribution is 2.13. The molecule has 0 aliphatic rings. The van der Waals surface area contributed by atoms with Gasteiger partial charge in [-0.15, -0.1) is 0 Å². The minimum atomic E-state index is -0.413. The smallest absolute Gasteiger partial charge is 0.270 e. The number of rotatable bonds is 6. The van der Waals surface area contributed by atoms with Crippen molar-refractivity contribution in [1.82, 2.24) is 15.1 Å². The van der Waals surface area contributed by atoms with E-state index in [2.05, 4.69) is 10.4 Å². The first kappa shape index (κ1) is 15.3. The summed E-state index contributed by atoms with van der Waals surface area (Å²) in [6.07, 6.45) is 0.787. The summed E-state index contributed by atoms with van der Waals surface area (Å²) in [5, 5.41) is 16.7. The van der Waals surface area contributed by atoms with Gasteiger partial charge in [0.1, 0.15) is 5.69 Å². The number of carbonyl (C=O) groups is 1. The fourth-order valence-electron chi connectivity index (χ4n) is 2.22. The summed E-state index contributed by atoms with van der Waals surface area (Å²) >= 11 is 0. The number of nitrogens with zero attached hydrogens (tertiary/aromatic N) is 2. The van der Waals surface area contributed by atoms with E-state index in [1.165, 1.54) is 0 Å². The van der Waals surface area contributed by atoms with Gasteiger partial charge in [-0.1, -0.05) is 37.3 Å². The maximum Gasteiger partial charge on any atom is 0.270 e. The minimum absolute atomic E-state index is 0.142. The highest BCUT2D eigenvalue weighted by Gasteiger charge is 2.18. The first-order valence-electron chi connectivity index (χ1n) is 7.23. The third-order valence-corrected chi connectivity index (χ3v) is 3.41. The maximum atomic E-state index is 12.4. The second kappa shape index (κ2) is 7.04. The van der Waals surface area contributed by atoms with Gasteiger partial charge in [0, 0.05) is 6.54 Å². The predicted molar refractivity (Wildman–Crippen MR) is 81.0 cm³/mol. The monoisotopic (exact) mass is 287 g/mol. The number of aryl methyl sites for hydroxylation is 2. The molecule has 0 fully saturated rings. The molecule has 1 aromatic heterocycles. The molecule has 0 aliphatic carbocycles. The van der Waals surface area contributed by atoms with Crippen molar-refractivity contribution in [3.05, 3.63) is 53.3 Å². The van der Waals surface area contributed by atoms with Gasteiger partial charge in [0.15, 0.2) is 0 Å². The number of carbonyl (C=O) groups excluding carboxylic acids is 1. The van der Waals surface area contributed by atoms with E-state index in [9.17, 15) is 9.90 Å². The zero-order valence-electron chi connectivity index (χ0n) is 12.4. The Labute approximate surface area is 124 Å². The Balaban J connectivity index is 2.18. The summed E-state index contributed by atoms with van der Waals surface area (Å²) in [6.45, 7) is 4.45. The molecular formula is C16H21N3O2. The maximum absolute atomic E-state index is 12.4. The van der Waals surface area contributed by atoms with Crippen molar-refractivity contribution in [1.29, 1.82) is 0 Å². The Morgan fingerprint density at radius 1 is 1.33 bits per heavy atom. The van der Waals surface area contributed by atoms with Crippen molar-refractivity contribution in [2.75, 3.05) is 6.61 Å². The molecule has 0 bridgehead atoms. The molecule has 0 radical (unpaired) electrons. The van der Waals surface area contributed by atoms with Crippen LogP contribution in [-0.2, 0) is 13.0 Å². The Kier molecular flexibility index (Phi) is 5.11. The SMILES string of the molecule is CCc1cc(C(=O)N[C@H](CO)c2ccccc2)n(CC)n1.